The lowest BCUT2D eigenvalue weighted by atomic mass is 10.1. The van der Waals surface area contributed by atoms with Crippen LogP contribution in [0.15, 0.2) is 39.9 Å². The second-order valence-electron chi connectivity index (χ2n) is 5.07. The molecule has 92 valence electrons. The molecule has 1 fully saturated rings. The first-order valence-corrected chi connectivity index (χ1v) is 6.27. The molecule has 0 saturated heterocycles. The summed E-state index contributed by atoms with van der Waals surface area (Å²) < 4.78 is 4.45. The average Bonchev–Trinajstić information content (AvgIpc) is 3.10. The predicted molar refractivity (Wildman–Crippen MR) is 66.1 cm³/mol. The second-order valence-corrected chi connectivity index (χ2v) is 5.07. The topological polar surface area (TPSA) is 48.9 Å². The summed E-state index contributed by atoms with van der Waals surface area (Å²) in [5, 5.41) is 0. The van der Waals surface area contributed by atoms with Crippen molar-refractivity contribution < 1.29 is 0 Å². The Morgan fingerprint density at radius 2 is 1.72 bits per heavy atom. The molecule has 0 radical (unpaired) electrons. The summed E-state index contributed by atoms with van der Waals surface area (Å²) in [6.45, 7) is 0.693. The number of fused-ring (bicyclic) bond motifs is 1. The smallest absolute Gasteiger partial charge is 0.246 e. The van der Waals surface area contributed by atoms with Crippen LogP contribution in [0, 0.1) is 5.92 Å². The minimum absolute atomic E-state index is 0.200. The van der Waals surface area contributed by atoms with Crippen molar-refractivity contribution in [3.8, 4) is 5.69 Å². The Hall–Kier alpha value is -2.04. The van der Waals surface area contributed by atoms with Gasteiger partial charge in [0, 0.05) is 0 Å². The van der Waals surface area contributed by atoms with Crippen LogP contribution in [-0.4, -0.2) is 13.9 Å². The maximum absolute atomic E-state index is 12.3. The van der Waals surface area contributed by atoms with E-state index < -0.39 is 0 Å². The Morgan fingerprint density at radius 1 is 1.00 bits per heavy atom. The highest BCUT2D eigenvalue weighted by Crippen LogP contribution is 2.42. The van der Waals surface area contributed by atoms with Crippen LogP contribution < -0.4 is 11.4 Å². The summed E-state index contributed by atoms with van der Waals surface area (Å²) in [6, 6.07) is 9.36. The molecule has 1 aromatic carbocycles. The summed E-state index contributed by atoms with van der Waals surface area (Å²) in [6.07, 6.45) is 2.36. The third kappa shape index (κ3) is 1.16. The molecule has 0 N–H and O–H groups in total. The molecule has 2 heterocycles. The Bertz CT molecular complexity index is 719. The molecule has 1 aliphatic heterocycles. The van der Waals surface area contributed by atoms with E-state index in [9.17, 15) is 9.59 Å². The molecule has 0 amide bonds. The lowest BCUT2D eigenvalue weighted by Gasteiger charge is -2.29. The molecule has 1 atom stereocenters. The molecule has 2 aliphatic rings. The van der Waals surface area contributed by atoms with Crippen LogP contribution in [0.4, 0.5) is 0 Å². The van der Waals surface area contributed by atoms with E-state index >= 15 is 0 Å². The molecule has 0 spiro atoms. The van der Waals surface area contributed by atoms with Crippen molar-refractivity contribution in [2.24, 2.45) is 5.92 Å². The van der Waals surface area contributed by atoms with Crippen LogP contribution in [0.2, 0.25) is 0 Å². The minimum atomic E-state index is -0.219. The number of aromatic nitrogens is 3. The second kappa shape index (κ2) is 3.25. The Balaban J connectivity index is 1.91. The molecule has 1 aliphatic carbocycles. The number of hydrogen-bond donors (Lipinski definition) is 0. The molecule has 18 heavy (non-hydrogen) atoms. The van der Waals surface area contributed by atoms with Crippen molar-refractivity contribution in [3.63, 3.8) is 0 Å². The third-order valence-electron chi connectivity index (χ3n) is 3.91. The van der Waals surface area contributed by atoms with E-state index in [-0.39, 0.29) is 17.4 Å². The summed E-state index contributed by atoms with van der Waals surface area (Å²) in [7, 11) is 0. The van der Waals surface area contributed by atoms with Crippen LogP contribution in [0.3, 0.4) is 0 Å². The Labute approximate surface area is 103 Å². The van der Waals surface area contributed by atoms with E-state index in [4.69, 9.17) is 0 Å². The first-order valence-electron chi connectivity index (χ1n) is 6.27. The maximum atomic E-state index is 12.3. The van der Waals surface area contributed by atoms with Gasteiger partial charge in [0.25, 0.3) is 0 Å². The number of benzene rings is 1. The SMILES string of the molecule is O=c1n(-c2ccccc2)c(=O)n2n1CC2C1CC1. The Morgan fingerprint density at radius 3 is 2.39 bits per heavy atom. The Kier molecular flexibility index (Phi) is 1.79. The van der Waals surface area contributed by atoms with E-state index in [0.29, 0.717) is 18.2 Å². The van der Waals surface area contributed by atoms with Crippen LogP contribution in [0.1, 0.15) is 18.9 Å². The number of rotatable bonds is 2. The molecule has 2 aromatic rings. The van der Waals surface area contributed by atoms with Crippen molar-refractivity contribution in [3.05, 3.63) is 51.3 Å². The predicted octanol–water partition coefficient (Wildman–Crippen LogP) is 0.765. The molecule has 5 heteroatoms. The largest absolute Gasteiger partial charge is 0.352 e. The van der Waals surface area contributed by atoms with Gasteiger partial charge < -0.3 is 0 Å². The van der Waals surface area contributed by atoms with Crippen molar-refractivity contribution in [2.45, 2.75) is 25.4 Å². The summed E-state index contributed by atoms with van der Waals surface area (Å²) in [5.41, 5.74) is 0.230. The standard InChI is InChI=1S/C13H13N3O2/c17-12-14-8-11(9-6-7-9)16(14)13(18)15(12)10-4-2-1-3-5-10/h1-5,9,11H,6-8H2. The maximum Gasteiger partial charge on any atom is 0.352 e. The number of nitrogens with zero attached hydrogens (tertiary/aromatic N) is 3. The fraction of sp³-hybridized carbons (Fsp3) is 0.385. The lowest BCUT2D eigenvalue weighted by molar-refractivity contribution is 0.178. The van der Waals surface area contributed by atoms with Gasteiger partial charge in [-0.25, -0.2) is 23.5 Å². The van der Waals surface area contributed by atoms with Gasteiger partial charge in [0.2, 0.25) is 0 Å². The van der Waals surface area contributed by atoms with Gasteiger partial charge in [-0.05, 0) is 30.9 Å². The van der Waals surface area contributed by atoms with Crippen LogP contribution in [0.5, 0.6) is 0 Å². The van der Waals surface area contributed by atoms with Gasteiger partial charge in [-0.1, -0.05) is 18.2 Å². The highest BCUT2D eigenvalue weighted by Gasteiger charge is 2.42. The monoisotopic (exact) mass is 243 g/mol. The van der Waals surface area contributed by atoms with Crippen LogP contribution in [0.25, 0.3) is 5.69 Å². The van der Waals surface area contributed by atoms with Gasteiger partial charge in [0.15, 0.2) is 0 Å². The molecule has 5 nitrogen and oxygen atoms in total. The number of para-hydroxylation sites is 1. The first-order chi connectivity index (χ1) is 8.77. The van der Waals surface area contributed by atoms with Crippen molar-refractivity contribution in [2.75, 3.05) is 0 Å². The van der Waals surface area contributed by atoms with E-state index in [1.807, 2.05) is 18.2 Å². The van der Waals surface area contributed by atoms with Gasteiger partial charge in [0.05, 0.1) is 18.3 Å². The van der Waals surface area contributed by atoms with E-state index in [1.165, 1.54) is 17.4 Å². The zero-order valence-corrected chi connectivity index (χ0v) is 9.82. The molecule has 0 bridgehead atoms. The zero-order valence-electron chi connectivity index (χ0n) is 9.82. The van der Waals surface area contributed by atoms with Crippen LogP contribution in [-0.2, 0) is 6.54 Å². The highest BCUT2D eigenvalue weighted by atomic mass is 16.2. The quantitative estimate of drug-likeness (QED) is 0.782. The van der Waals surface area contributed by atoms with E-state index in [0.717, 1.165) is 0 Å². The molecular formula is C13H13N3O2. The minimum Gasteiger partial charge on any atom is -0.246 e. The molecule has 1 saturated carbocycles. The highest BCUT2D eigenvalue weighted by molar-refractivity contribution is 5.30. The fourth-order valence-corrected chi connectivity index (χ4v) is 2.77. The van der Waals surface area contributed by atoms with Gasteiger partial charge >= 0.3 is 11.4 Å². The summed E-state index contributed by atoms with van der Waals surface area (Å²) in [4.78, 5) is 24.5. The molecule has 1 aromatic heterocycles. The van der Waals surface area contributed by atoms with E-state index in [2.05, 4.69) is 0 Å². The van der Waals surface area contributed by atoms with Crippen LogP contribution >= 0.6 is 0 Å². The van der Waals surface area contributed by atoms with Crippen molar-refractivity contribution >= 4 is 0 Å². The van der Waals surface area contributed by atoms with Gasteiger partial charge in [-0.2, -0.15) is 0 Å². The fourth-order valence-electron chi connectivity index (χ4n) is 2.77. The average molecular weight is 243 g/mol. The van der Waals surface area contributed by atoms with Crippen molar-refractivity contribution in [1.29, 1.82) is 0 Å². The summed E-state index contributed by atoms with van der Waals surface area (Å²) in [5.74, 6) is 0.605. The molecular weight excluding hydrogens is 230 g/mol. The normalized spacial score (nSPS) is 21.4. The molecule has 4 rings (SSSR count). The van der Waals surface area contributed by atoms with Gasteiger partial charge in [-0.15, -0.1) is 0 Å². The third-order valence-corrected chi connectivity index (χ3v) is 3.91. The van der Waals surface area contributed by atoms with Gasteiger partial charge in [0.1, 0.15) is 0 Å². The summed E-state index contributed by atoms with van der Waals surface area (Å²) >= 11 is 0. The first kappa shape index (κ1) is 9.94. The molecule has 1 unspecified atom stereocenters. The van der Waals surface area contributed by atoms with Gasteiger partial charge in [-0.3, -0.25) is 0 Å². The van der Waals surface area contributed by atoms with Crippen molar-refractivity contribution in [1.82, 2.24) is 13.9 Å². The number of hydrogen-bond acceptors (Lipinski definition) is 2. The zero-order chi connectivity index (χ0) is 12.3. The van der Waals surface area contributed by atoms with E-state index in [1.54, 1.807) is 21.5 Å². The lowest BCUT2D eigenvalue weighted by Crippen LogP contribution is -2.44.